The molecule has 1 aromatic heterocycles. The van der Waals surface area contributed by atoms with Gasteiger partial charge in [0.2, 0.25) is 0 Å². The summed E-state index contributed by atoms with van der Waals surface area (Å²) in [7, 11) is 0. The molecule has 6 heteroatoms. The molecule has 0 aromatic carbocycles. The summed E-state index contributed by atoms with van der Waals surface area (Å²) in [6.07, 6.45) is 1.61. The molecule has 0 spiro atoms. The van der Waals surface area contributed by atoms with E-state index in [1.54, 1.807) is 6.92 Å². The van der Waals surface area contributed by atoms with Crippen LogP contribution in [0.4, 0.5) is 0 Å². The van der Waals surface area contributed by atoms with Gasteiger partial charge in [0.1, 0.15) is 16.6 Å². The maximum atomic E-state index is 8.99. The number of nitrogens with two attached hydrogens (primary N) is 1. The fraction of sp³-hybridized carbons (Fsp3) is 0.500. The molecule has 0 bridgehead atoms. The van der Waals surface area contributed by atoms with E-state index in [1.165, 1.54) is 6.33 Å². The van der Waals surface area contributed by atoms with Crippen LogP contribution in [0.5, 0.6) is 0 Å². The van der Waals surface area contributed by atoms with E-state index in [1.807, 2.05) is 0 Å². The lowest BCUT2D eigenvalue weighted by Crippen LogP contribution is -2.42. The van der Waals surface area contributed by atoms with Crippen molar-refractivity contribution in [1.29, 1.82) is 0 Å². The second kappa shape index (κ2) is 4.40. The third-order valence-corrected chi connectivity index (χ3v) is 2.43. The molecule has 1 aromatic rings. The van der Waals surface area contributed by atoms with Crippen molar-refractivity contribution < 1.29 is 5.11 Å². The molecule has 0 saturated carbocycles. The average molecular weight is 236 g/mol. The average Bonchev–Trinajstić information content (AvgIpc) is 2.12. The van der Waals surface area contributed by atoms with Crippen LogP contribution in [-0.2, 0) is 6.42 Å². The summed E-state index contributed by atoms with van der Waals surface area (Å²) in [6.45, 7) is 1.54. The molecule has 3 N–H and O–H groups in total. The van der Waals surface area contributed by atoms with Gasteiger partial charge in [-0.2, -0.15) is 0 Å². The minimum Gasteiger partial charge on any atom is -0.394 e. The van der Waals surface area contributed by atoms with E-state index in [-0.39, 0.29) is 16.9 Å². The molecule has 0 fully saturated rings. The van der Waals surface area contributed by atoms with E-state index in [4.69, 9.17) is 34.0 Å². The van der Waals surface area contributed by atoms with Crippen molar-refractivity contribution in [1.82, 2.24) is 9.97 Å². The number of aliphatic hydroxyl groups excluding tert-OH is 1. The minimum absolute atomic E-state index is 0.158. The first-order chi connectivity index (χ1) is 6.46. The maximum Gasteiger partial charge on any atom is 0.137 e. The normalized spacial score (nSPS) is 15.2. The summed E-state index contributed by atoms with van der Waals surface area (Å²) in [5, 5.41) is 9.53. The highest BCUT2D eigenvalue weighted by molar-refractivity contribution is 6.34. The zero-order valence-corrected chi connectivity index (χ0v) is 9.18. The Kier molecular flexibility index (Phi) is 3.66. The Morgan fingerprint density at radius 1 is 1.43 bits per heavy atom. The number of nitrogens with zero attached hydrogens (tertiary/aromatic N) is 2. The highest BCUT2D eigenvalue weighted by Crippen LogP contribution is 2.23. The van der Waals surface area contributed by atoms with Crippen LogP contribution in [0, 0.1) is 0 Å². The molecule has 1 rings (SSSR count). The van der Waals surface area contributed by atoms with Crippen molar-refractivity contribution >= 4 is 23.2 Å². The smallest absolute Gasteiger partial charge is 0.137 e. The maximum absolute atomic E-state index is 8.99. The van der Waals surface area contributed by atoms with Crippen molar-refractivity contribution in [2.45, 2.75) is 18.9 Å². The first-order valence-corrected chi connectivity index (χ1v) is 4.76. The van der Waals surface area contributed by atoms with Gasteiger partial charge in [-0.05, 0) is 13.3 Å². The van der Waals surface area contributed by atoms with Crippen LogP contribution in [0.1, 0.15) is 12.5 Å². The molecule has 1 unspecified atom stereocenters. The summed E-state index contributed by atoms with van der Waals surface area (Å²) in [5.41, 5.74) is 5.56. The number of halogens is 2. The Bertz CT molecular complexity index is 310. The lowest BCUT2D eigenvalue weighted by molar-refractivity contribution is 0.208. The van der Waals surface area contributed by atoms with Crippen molar-refractivity contribution in [3.05, 3.63) is 22.2 Å². The Morgan fingerprint density at radius 2 is 1.93 bits per heavy atom. The molecule has 14 heavy (non-hydrogen) atoms. The van der Waals surface area contributed by atoms with Gasteiger partial charge in [-0.15, -0.1) is 0 Å². The van der Waals surface area contributed by atoms with Crippen molar-refractivity contribution in [2.24, 2.45) is 5.73 Å². The van der Waals surface area contributed by atoms with Gasteiger partial charge in [0.15, 0.2) is 0 Å². The fourth-order valence-electron chi connectivity index (χ4n) is 0.977. The standard InChI is InChI=1S/C8H11Cl2N3O/c1-8(11,3-14)2-5-6(9)12-4-13-7(5)10/h4,14H,2-3,11H2,1H3. The van der Waals surface area contributed by atoms with E-state index in [2.05, 4.69) is 9.97 Å². The molecular formula is C8H11Cl2N3O. The number of hydrogen-bond acceptors (Lipinski definition) is 4. The molecule has 1 heterocycles. The van der Waals surface area contributed by atoms with Gasteiger partial charge in [-0.25, -0.2) is 9.97 Å². The molecule has 0 aliphatic heterocycles. The Balaban J connectivity index is 2.97. The number of hydrogen-bond donors (Lipinski definition) is 2. The number of aromatic nitrogens is 2. The summed E-state index contributed by atoms with van der Waals surface area (Å²) in [4.78, 5) is 7.58. The molecule has 0 aliphatic rings. The predicted octanol–water partition coefficient (Wildman–Crippen LogP) is 1.04. The first kappa shape index (κ1) is 11.7. The molecular weight excluding hydrogens is 225 g/mol. The zero-order chi connectivity index (χ0) is 10.8. The van der Waals surface area contributed by atoms with Gasteiger partial charge < -0.3 is 10.8 Å². The third-order valence-electron chi connectivity index (χ3n) is 1.78. The summed E-state index contributed by atoms with van der Waals surface area (Å²) < 4.78 is 0. The van der Waals surface area contributed by atoms with Crippen LogP contribution in [0.2, 0.25) is 10.3 Å². The lowest BCUT2D eigenvalue weighted by atomic mass is 9.97. The van der Waals surface area contributed by atoms with Crippen LogP contribution in [-0.4, -0.2) is 27.2 Å². The number of aliphatic hydroxyl groups is 1. The Labute approximate surface area is 92.1 Å². The van der Waals surface area contributed by atoms with E-state index in [0.29, 0.717) is 12.0 Å². The molecule has 0 aliphatic carbocycles. The second-order valence-electron chi connectivity index (χ2n) is 3.42. The zero-order valence-electron chi connectivity index (χ0n) is 7.67. The van der Waals surface area contributed by atoms with Gasteiger partial charge in [-0.3, -0.25) is 0 Å². The largest absolute Gasteiger partial charge is 0.394 e. The first-order valence-electron chi connectivity index (χ1n) is 4.01. The molecule has 1 atom stereocenters. The van der Waals surface area contributed by atoms with E-state index in [9.17, 15) is 0 Å². The van der Waals surface area contributed by atoms with E-state index in [0.717, 1.165) is 0 Å². The molecule has 4 nitrogen and oxygen atoms in total. The van der Waals surface area contributed by atoms with Crippen LogP contribution in [0.25, 0.3) is 0 Å². The monoisotopic (exact) mass is 235 g/mol. The van der Waals surface area contributed by atoms with Gasteiger partial charge in [0, 0.05) is 11.1 Å². The Hall–Kier alpha value is -0.420. The minimum atomic E-state index is -0.766. The predicted molar refractivity (Wildman–Crippen MR) is 55.4 cm³/mol. The van der Waals surface area contributed by atoms with Crippen LogP contribution in [0.3, 0.4) is 0 Å². The molecule has 0 radical (unpaired) electrons. The van der Waals surface area contributed by atoms with Gasteiger partial charge in [0.25, 0.3) is 0 Å². The van der Waals surface area contributed by atoms with Gasteiger partial charge >= 0.3 is 0 Å². The lowest BCUT2D eigenvalue weighted by Gasteiger charge is -2.22. The topological polar surface area (TPSA) is 72.0 Å². The molecule has 0 saturated heterocycles. The fourth-order valence-corrected chi connectivity index (χ4v) is 1.43. The molecule has 78 valence electrons. The Morgan fingerprint density at radius 3 is 2.36 bits per heavy atom. The third kappa shape index (κ3) is 2.78. The van der Waals surface area contributed by atoms with E-state index >= 15 is 0 Å². The second-order valence-corrected chi connectivity index (χ2v) is 4.14. The van der Waals surface area contributed by atoms with Crippen molar-refractivity contribution in [3.63, 3.8) is 0 Å². The SMILES string of the molecule is CC(N)(CO)Cc1c(Cl)ncnc1Cl. The summed E-state index contributed by atoms with van der Waals surface area (Å²) >= 11 is 11.6. The summed E-state index contributed by atoms with van der Waals surface area (Å²) in [6, 6.07) is 0. The van der Waals surface area contributed by atoms with Crippen LogP contribution < -0.4 is 5.73 Å². The van der Waals surface area contributed by atoms with E-state index < -0.39 is 5.54 Å². The van der Waals surface area contributed by atoms with Crippen LogP contribution >= 0.6 is 23.2 Å². The molecule has 0 amide bonds. The van der Waals surface area contributed by atoms with Crippen molar-refractivity contribution in [3.8, 4) is 0 Å². The van der Waals surface area contributed by atoms with Gasteiger partial charge in [-0.1, -0.05) is 23.2 Å². The summed E-state index contributed by atoms with van der Waals surface area (Å²) in [5.74, 6) is 0. The van der Waals surface area contributed by atoms with Crippen LogP contribution in [0.15, 0.2) is 6.33 Å². The highest BCUT2D eigenvalue weighted by Gasteiger charge is 2.21. The highest BCUT2D eigenvalue weighted by atomic mass is 35.5. The quantitative estimate of drug-likeness (QED) is 0.769. The number of rotatable bonds is 3. The van der Waals surface area contributed by atoms with Crippen molar-refractivity contribution in [2.75, 3.05) is 6.61 Å². The van der Waals surface area contributed by atoms with Gasteiger partial charge in [0.05, 0.1) is 6.61 Å².